The smallest absolute Gasteiger partial charge is 0.0922 e. The third kappa shape index (κ3) is 5.54. The van der Waals surface area contributed by atoms with E-state index >= 15 is 0 Å². The first-order valence-corrected chi connectivity index (χ1v) is 3.07. The van der Waals surface area contributed by atoms with Crippen LogP contribution in [0.3, 0.4) is 0 Å². The molecule has 0 aromatic carbocycles. The lowest BCUT2D eigenvalue weighted by molar-refractivity contribution is 0.179. The van der Waals surface area contributed by atoms with Crippen LogP contribution >= 0.6 is 0 Å². The molecule has 0 aliphatic carbocycles. The molecule has 0 saturated carbocycles. The molecule has 0 saturated heterocycles. The van der Waals surface area contributed by atoms with Crippen LogP contribution in [0.5, 0.6) is 0 Å². The van der Waals surface area contributed by atoms with E-state index in [1.807, 2.05) is 19.9 Å². The Hall–Kier alpha value is -0.460. The highest BCUT2D eigenvalue weighted by atomic mass is 16.5. The van der Waals surface area contributed by atoms with Gasteiger partial charge in [0, 0.05) is 0 Å². The van der Waals surface area contributed by atoms with Gasteiger partial charge in [-0.05, 0) is 20.3 Å². The van der Waals surface area contributed by atoms with Gasteiger partial charge in [0.15, 0.2) is 0 Å². The van der Waals surface area contributed by atoms with E-state index in [-0.39, 0.29) is 0 Å². The maximum absolute atomic E-state index is 5.10. The quantitative estimate of drug-likeness (QED) is 0.512. The summed E-state index contributed by atoms with van der Waals surface area (Å²) in [4.78, 5) is 0. The van der Waals surface area contributed by atoms with Crippen LogP contribution in [-0.2, 0) is 4.74 Å². The van der Waals surface area contributed by atoms with Gasteiger partial charge in [0.2, 0.25) is 0 Å². The molecule has 8 heavy (non-hydrogen) atoms. The van der Waals surface area contributed by atoms with Gasteiger partial charge in [-0.25, -0.2) is 0 Å². The standard InChI is InChI=1S/C7H14O/c1-4-5-6-8-7(2)3/h5-7H,4H2,1-3H3/b6-5+. The Balaban J connectivity index is 3.03. The van der Waals surface area contributed by atoms with Crippen molar-refractivity contribution in [1.82, 2.24) is 0 Å². The Morgan fingerprint density at radius 1 is 1.50 bits per heavy atom. The van der Waals surface area contributed by atoms with Crippen LogP contribution in [0.4, 0.5) is 0 Å². The molecular formula is C7H14O. The van der Waals surface area contributed by atoms with Crippen LogP contribution < -0.4 is 0 Å². The molecular weight excluding hydrogens is 100 g/mol. The molecule has 0 aromatic rings. The molecule has 1 heteroatoms. The van der Waals surface area contributed by atoms with E-state index in [2.05, 4.69) is 6.92 Å². The number of hydrogen-bond donors (Lipinski definition) is 0. The second-order valence-electron chi connectivity index (χ2n) is 1.96. The molecule has 0 N–H and O–H groups in total. The predicted molar refractivity (Wildman–Crippen MR) is 35.7 cm³/mol. The molecule has 0 aliphatic rings. The van der Waals surface area contributed by atoms with E-state index < -0.39 is 0 Å². The minimum Gasteiger partial charge on any atom is -0.499 e. The average molecular weight is 114 g/mol. The summed E-state index contributed by atoms with van der Waals surface area (Å²) in [7, 11) is 0. The van der Waals surface area contributed by atoms with E-state index in [0.717, 1.165) is 6.42 Å². The van der Waals surface area contributed by atoms with E-state index in [1.54, 1.807) is 6.26 Å². The molecule has 0 rings (SSSR count). The Morgan fingerprint density at radius 3 is 2.50 bits per heavy atom. The highest BCUT2D eigenvalue weighted by Gasteiger charge is 1.82. The van der Waals surface area contributed by atoms with Gasteiger partial charge in [-0.2, -0.15) is 0 Å². The summed E-state index contributed by atoms with van der Waals surface area (Å²) in [5, 5.41) is 0. The van der Waals surface area contributed by atoms with Crippen molar-refractivity contribution >= 4 is 0 Å². The number of allylic oxidation sites excluding steroid dienone is 1. The Bertz CT molecular complexity index is 64.8. The SMILES string of the molecule is CC/C=C/OC(C)C. The van der Waals surface area contributed by atoms with Gasteiger partial charge < -0.3 is 4.74 Å². The Labute approximate surface area is 51.4 Å². The van der Waals surface area contributed by atoms with Crippen molar-refractivity contribution in [3.05, 3.63) is 12.3 Å². The van der Waals surface area contributed by atoms with Gasteiger partial charge in [-0.1, -0.05) is 13.0 Å². The molecule has 0 bridgehead atoms. The van der Waals surface area contributed by atoms with E-state index in [9.17, 15) is 0 Å². The van der Waals surface area contributed by atoms with Gasteiger partial charge in [-0.3, -0.25) is 0 Å². The van der Waals surface area contributed by atoms with Crippen LogP contribution in [0.1, 0.15) is 27.2 Å². The molecule has 0 fully saturated rings. The first kappa shape index (κ1) is 7.54. The molecule has 0 spiro atoms. The molecule has 1 nitrogen and oxygen atoms in total. The average Bonchev–Trinajstić information content (AvgIpc) is 1.66. The Kier molecular flexibility index (Phi) is 4.42. The Morgan fingerprint density at radius 2 is 2.12 bits per heavy atom. The largest absolute Gasteiger partial charge is 0.499 e. The summed E-state index contributed by atoms with van der Waals surface area (Å²) in [5.41, 5.74) is 0. The highest BCUT2D eigenvalue weighted by Crippen LogP contribution is 1.88. The second kappa shape index (κ2) is 4.69. The minimum atomic E-state index is 0.317. The van der Waals surface area contributed by atoms with Crippen molar-refractivity contribution in [2.45, 2.75) is 33.3 Å². The lowest BCUT2D eigenvalue weighted by Crippen LogP contribution is -1.94. The van der Waals surface area contributed by atoms with Gasteiger partial charge in [0.05, 0.1) is 12.4 Å². The lowest BCUT2D eigenvalue weighted by atomic mass is 10.5. The third-order valence-electron chi connectivity index (χ3n) is 0.683. The van der Waals surface area contributed by atoms with Crippen molar-refractivity contribution in [3.8, 4) is 0 Å². The molecule has 0 unspecified atom stereocenters. The maximum atomic E-state index is 5.10. The normalized spacial score (nSPS) is 11.0. The second-order valence-corrected chi connectivity index (χ2v) is 1.96. The van der Waals surface area contributed by atoms with Gasteiger partial charge in [-0.15, -0.1) is 0 Å². The number of ether oxygens (including phenoxy) is 1. The monoisotopic (exact) mass is 114 g/mol. The predicted octanol–water partition coefficient (Wildman–Crippen LogP) is 2.34. The topological polar surface area (TPSA) is 9.23 Å². The fourth-order valence-electron chi connectivity index (χ4n) is 0.309. The zero-order chi connectivity index (χ0) is 6.41. The fraction of sp³-hybridized carbons (Fsp3) is 0.714. The van der Waals surface area contributed by atoms with Crippen molar-refractivity contribution in [2.24, 2.45) is 0 Å². The molecule has 0 heterocycles. The number of hydrogen-bond acceptors (Lipinski definition) is 1. The highest BCUT2D eigenvalue weighted by molar-refractivity contribution is 4.70. The maximum Gasteiger partial charge on any atom is 0.0922 e. The van der Waals surface area contributed by atoms with Crippen molar-refractivity contribution in [1.29, 1.82) is 0 Å². The molecule has 0 amide bonds. The van der Waals surface area contributed by atoms with Gasteiger partial charge >= 0.3 is 0 Å². The first-order valence-electron chi connectivity index (χ1n) is 3.07. The van der Waals surface area contributed by atoms with Crippen LogP contribution in [0, 0.1) is 0 Å². The summed E-state index contributed by atoms with van der Waals surface area (Å²) < 4.78 is 5.10. The lowest BCUT2D eigenvalue weighted by Gasteiger charge is -2.01. The van der Waals surface area contributed by atoms with Crippen LogP contribution in [0.2, 0.25) is 0 Å². The third-order valence-corrected chi connectivity index (χ3v) is 0.683. The van der Waals surface area contributed by atoms with Crippen molar-refractivity contribution < 1.29 is 4.74 Å². The van der Waals surface area contributed by atoms with Crippen LogP contribution in [0.25, 0.3) is 0 Å². The van der Waals surface area contributed by atoms with Crippen LogP contribution in [-0.4, -0.2) is 6.10 Å². The zero-order valence-corrected chi connectivity index (χ0v) is 5.85. The van der Waals surface area contributed by atoms with Crippen LogP contribution in [0.15, 0.2) is 12.3 Å². The summed E-state index contributed by atoms with van der Waals surface area (Å²) in [5.74, 6) is 0. The molecule has 0 aromatic heterocycles. The van der Waals surface area contributed by atoms with E-state index in [1.165, 1.54) is 0 Å². The summed E-state index contributed by atoms with van der Waals surface area (Å²) in [6.45, 7) is 6.11. The molecule has 0 radical (unpaired) electrons. The summed E-state index contributed by atoms with van der Waals surface area (Å²) in [6.07, 6.45) is 5.12. The van der Waals surface area contributed by atoms with Gasteiger partial charge in [0.25, 0.3) is 0 Å². The van der Waals surface area contributed by atoms with E-state index in [4.69, 9.17) is 4.74 Å². The number of rotatable bonds is 3. The molecule has 0 aliphatic heterocycles. The summed E-state index contributed by atoms with van der Waals surface area (Å²) >= 11 is 0. The van der Waals surface area contributed by atoms with Crippen molar-refractivity contribution in [3.63, 3.8) is 0 Å². The van der Waals surface area contributed by atoms with Gasteiger partial charge in [0.1, 0.15) is 0 Å². The first-order chi connectivity index (χ1) is 3.77. The fourth-order valence-corrected chi connectivity index (χ4v) is 0.309. The van der Waals surface area contributed by atoms with E-state index in [0.29, 0.717) is 6.10 Å². The minimum absolute atomic E-state index is 0.317. The molecule has 48 valence electrons. The zero-order valence-electron chi connectivity index (χ0n) is 5.85. The summed E-state index contributed by atoms with van der Waals surface area (Å²) in [6, 6.07) is 0. The van der Waals surface area contributed by atoms with Crippen molar-refractivity contribution in [2.75, 3.05) is 0 Å². The molecule has 0 atom stereocenters.